The fraction of sp³-hybridized carbons (Fsp3) is 0.462. The highest BCUT2D eigenvalue weighted by Gasteiger charge is 2.16. The van der Waals surface area contributed by atoms with Gasteiger partial charge in [0, 0.05) is 0 Å². The van der Waals surface area contributed by atoms with Crippen molar-refractivity contribution in [1.29, 1.82) is 0 Å². The van der Waals surface area contributed by atoms with Crippen LogP contribution >= 0.6 is 12.4 Å². The fourth-order valence-electron chi connectivity index (χ4n) is 1.44. The molecular formula is C13H20ClNO2. The summed E-state index contributed by atoms with van der Waals surface area (Å²) in [5, 5.41) is 0. The molecule has 3 nitrogen and oxygen atoms in total. The molecule has 2 N–H and O–H groups in total. The molecular weight excluding hydrogens is 238 g/mol. The van der Waals surface area contributed by atoms with Gasteiger partial charge in [-0.15, -0.1) is 12.4 Å². The summed E-state index contributed by atoms with van der Waals surface area (Å²) in [5.74, 6) is 0.0804. The van der Waals surface area contributed by atoms with Gasteiger partial charge in [-0.1, -0.05) is 44.2 Å². The van der Waals surface area contributed by atoms with E-state index in [-0.39, 0.29) is 18.4 Å². The Bertz CT molecular complexity index is 327. The van der Waals surface area contributed by atoms with Gasteiger partial charge in [-0.25, -0.2) is 0 Å². The Balaban J connectivity index is 0.00000256. The van der Waals surface area contributed by atoms with Gasteiger partial charge in [0.25, 0.3) is 0 Å². The van der Waals surface area contributed by atoms with Gasteiger partial charge in [-0.3, -0.25) is 4.79 Å². The molecule has 1 atom stereocenters. The normalized spacial score (nSPS) is 11.8. The van der Waals surface area contributed by atoms with Gasteiger partial charge in [-0.05, 0) is 17.9 Å². The van der Waals surface area contributed by atoms with Gasteiger partial charge in [-0.2, -0.15) is 0 Å². The second kappa shape index (κ2) is 8.09. The molecule has 0 fully saturated rings. The van der Waals surface area contributed by atoms with Crippen molar-refractivity contribution in [3.05, 3.63) is 35.9 Å². The summed E-state index contributed by atoms with van der Waals surface area (Å²) in [5.41, 5.74) is 6.69. The van der Waals surface area contributed by atoms with Crippen LogP contribution in [0.5, 0.6) is 0 Å². The Labute approximate surface area is 109 Å². The van der Waals surface area contributed by atoms with Crippen molar-refractivity contribution < 1.29 is 9.53 Å². The quantitative estimate of drug-likeness (QED) is 0.825. The molecule has 0 aromatic heterocycles. The Morgan fingerprint density at radius 2 is 1.88 bits per heavy atom. The maximum absolute atomic E-state index is 11.5. The number of carbonyl (C=O) groups excluding carboxylic acids is 1. The number of nitrogens with two attached hydrogens (primary N) is 1. The van der Waals surface area contributed by atoms with E-state index in [1.54, 1.807) is 0 Å². The lowest BCUT2D eigenvalue weighted by atomic mass is 10.1. The molecule has 0 heterocycles. The summed E-state index contributed by atoms with van der Waals surface area (Å²) in [7, 11) is 0. The molecule has 0 saturated carbocycles. The summed E-state index contributed by atoms with van der Waals surface area (Å²) in [6.45, 7) is 4.36. The average Bonchev–Trinajstić information content (AvgIpc) is 2.26. The van der Waals surface area contributed by atoms with Crippen molar-refractivity contribution in [1.82, 2.24) is 0 Å². The van der Waals surface area contributed by atoms with Gasteiger partial charge in [0.2, 0.25) is 0 Å². The minimum Gasteiger partial charge on any atom is -0.460 e. The van der Waals surface area contributed by atoms with Gasteiger partial charge in [0.15, 0.2) is 0 Å². The second-order valence-electron chi connectivity index (χ2n) is 4.33. The number of esters is 1. The largest absolute Gasteiger partial charge is 0.460 e. The van der Waals surface area contributed by atoms with Crippen LogP contribution in [0.25, 0.3) is 0 Å². The van der Waals surface area contributed by atoms with Crippen LogP contribution in [0.15, 0.2) is 30.3 Å². The highest BCUT2D eigenvalue weighted by molar-refractivity contribution is 5.85. The first kappa shape index (κ1) is 15.9. The third-order valence-corrected chi connectivity index (χ3v) is 2.25. The van der Waals surface area contributed by atoms with E-state index in [2.05, 4.69) is 0 Å². The van der Waals surface area contributed by atoms with Gasteiger partial charge in [0.05, 0.1) is 0 Å². The van der Waals surface area contributed by atoms with Gasteiger partial charge >= 0.3 is 5.97 Å². The topological polar surface area (TPSA) is 52.3 Å². The maximum Gasteiger partial charge on any atom is 0.323 e. The predicted molar refractivity (Wildman–Crippen MR) is 70.9 cm³/mol. The van der Waals surface area contributed by atoms with Crippen molar-refractivity contribution in [2.24, 2.45) is 11.7 Å². The lowest BCUT2D eigenvalue weighted by Crippen LogP contribution is -2.33. The summed E-state index contributed by atoms with van der Waals surface area (Å²) in [4.78, 5) is 11.5. The van der Waals surface area contributed by atoms with E-state index in [1.807, 2.05) is 44.2 Å². The number of rotatable bonds is 5. The molecule has 0 spiro atoms. The first-order valence-electron chi connectivity index (χ1n) is 5.55. The Morgan fingerprint density at radius 1 is 1.29 bits per heavy atom. The fourth-order valence-corrected chi connectivity index (χ4v) is 1.44. The summed E-state index contributed by atoms with van der Waals surface area (Å²) in [6.07, 6.45) is 0.660. The van der Waals surface area contributed by atoms with Crippen LogP contribution < -0.4 is 5.73 Å². The maximum atomic E-state index is 11.5. The molecule has 0 aliphatic rings. The van der Waals surface area contributed by atoms with Gasteiger partial charge in [0.1, 0.15) is 12.6 Å². The van der Waals surface area contributed by atoms with Gasteiger partial charge < -0.3 is 10.5 Å². The zero-order valence-electron chi connectivity index (χ0n) is 10.3. The first-order valence-corrected chi connectivity index (χ1v) is 5.55. The molecule has 4 heteroatoms. The van der Waals surface area contributed by atoms with E-state index in [9.17, 15) is 4.79 Å². The van der Waals surface area contributed by atoms with Crippen molar-refractivity contribution in [2.75, 3.05) is 0 Å². The number of hydrogen-bond acceptors (Lipinski definition) is 3. The number of hydrogen-bond donors (Lipinski definition) is 1. The lowest BCUT2D eigenvalue weighted by molar-refractivity contribution is -0.146. The minimum absolute atomic E-state index is 0. The number of ether oxygens (including phenoxy) is 1. The Morgan fingerprint density at radius 3 is 2.41 bits per heavy atom. The predicted octanol–water partition coefficient (Wildman–Crippen LogP) is 2.53. The Hall–Kier alpha value is -1.06. The standard InChI is InChI=1S/C13H19NO2.ClH/c1-10(2)8-12(14)13(15)16-9-11-6-4-3-5-7-11;/h3-7,10,12H,8-9,14H2,1-2H3;1H/t12-;/m0./s1. The molecule has 0 amide bonds. The van der Waals surface area contributed by atoms with E-state index in [1.165, 1.54) is 0 Å². The average molecular weight is 258 g/mol. The second-order valence-corrected chi connectivity index (χ2v) is 4.33. The molecule has 96 valence electrons. The van der Waals surface area contributed by atoms with Crippen LogP contribution in [0.4, 0.5) is 0 Å². The van der Waals surface area contributed by atoms with E-state index >= 15 is 0 Å². The third-order valence-electron chi connectivity index (χ3n) is 2.25. The van der Waals surface area contributed by atoms with Crippen molar-refractivity contribution in [3.63, 3.8) is 0 Å². The summed E-state index contributed by atoms with van der Waals surface area (Å²) in [6, 6.07) is 9.08. The van der Waals surface area contributed by atoms with Crippen molar-refractivity contribution in [3.8, 4) is 0 Å². The van der Waals surface area contributed by atoms with Crippen LogP contribution in [-0.4, -0.2) is 12.0 Å². The van der Waals surface area contributed by atoms with E-state index < -0.39 is 6.04 Å². The van der Waals surface area contributed by atoms with Crippen LogP contribution in [0, 0.1) is 5.92 Å². The first-order chi connectivity index (χ1) is 7.59. The third kappa shape index (κ3) is 6.29. The molecule has 1 rings (SSSR count). The molecule has 0 radical (unpaired) electrons. The molecule has 0 saturated heterocycles. The molecule has 1 aromatic rings. The van der Waals surface area contributed by atoms with E-state index in [4.69, 9.17) is 10.5 Å². The summed E-state index contributed by atoms with van der Waals surface area (Å²) < 4.78 is 5.13. The van der Waals surface area contributed by atoms with E-state index in [0.717, 1.165) is 5.56 Å². The Kier molecular flexibility index (Phi) is 7.59. The minimum atomic E-state index is -0.510. The van der Waals surface area contributed by atoms with Crippen LogP contribution in [0.3, 0.4) is 0 Å². The molecule has 0 bridgehead atoms. The SMILES string of the molecule is CC(C)C[C@H](N)C(=O)OCc1ccccc1.Cl. The zero-order chi connectivity index (χ0) is 12.0. The molecule has 0 aliphatic heterocycles. The lowest BCUT2D eigenvalue weighted by Gasteiger charge is -2.13. The molecule has 0 aliphatic carbocycles. The molecule has 17 heavy (non-hydrogen) atoms. The van der Waals surface area contributed by atoms with Crippen molar-refractivity contribution >= 4 is 18.4 Å². The highest BCUT2D eigenvalue weighted by Crippen LogP contribution is 2.06. The highest BCUT2D eigenvalue weighted by atomic mass is 35.5. The number of halogens is 1. The van der Waals surface area contributed by atoms with Crippen molar-refractivity contribution in [2.45, 2.75) is 32.9 Å². The van der Waals surface area contributed by atoms with Crippen LogP contribution in [-0.2, 0) is 16.1 Å². The van der Waals surface area contributed by atoms with E-state index in [0.29, 0.717) is 18.9 Å². The number of carbonyl (C=O) groups is 1. The number of benzene rings is 1. The molecule has 1 aromatic carbocycles. The smallest absolute Gasteiger partial charge is 0.323 e. The van der Waals surface area contributed by atoms with Crippen LogP contribution in [0.2, 0.25) is 0 Å². The summed E-state index contributed by atoms with van der Waals surface area (Å²) >= 11 is 0. The molecule has 0 unspecified atom stereocenters. The zero-order valence-corrected chi connectivity index (χ0v) is 11.1. The monoisotopic (exact) mass is 257 g/mol. The van der Waals surface area contributed by atoms with Crippen LogP contribution in [0.1, 0.15) is 25.8 Å².